The molecule has 62 valence electrons. The van der Waals surface area contributed by atoms with Gasteiger partial charge in [0.05, 0.1) is 0 Å². The highest BCUT2D eigenvalue weighted by atomic mass is 79.9. The van der Waals surface area contributed by atoms with Gasteiger partial charge in [0.2, 0.25) is 0 Å². The number of hydrogen-bond donors (Lipinski definition) is 0. The van der Waals surface area contributed by atoms with Gasteiger partial charge in [-0.2, -0.15) is 0 Å². The van der Waals surface area contributed by atoms with E-state index in [1.807, 2.05) is 0 Å². The van der Waals surface area contributed by atoms with Crippen molar-refractivity contribution in [3.05, 3.63) is 0 Å². The number of hydrogen-bond acceptors (Lipinski definition) is 0. The Bertz CT molecular complexity index is 75.7. The molecule has 0 rings (SSSR count). The van der Waals surface area contributed by atoms with Gasteiger partial charge in [-0.15, -0.1) is 11.6 Å². The standard InChI is InChI=1S/C8H16BrCl/c1-3-4-8(9)5-7(2)6-10/h7-8H,3-6H2,1-2H3. The predicted molar refractivity (Wildman–Crippen MR) is 52.1 cm³/mol. The third-order valence-corrected chi connectivity index (χ3v) is 2.88. The van der Waals surface area contributed by atoms with Crippen molar-refractivity contribution in [2.75, 3.05) is 5.88 Å². The van der Waals surface area contributed by atoms with E-state index in [9.17, 15) is 0 Å². The summed E-state index contributed by atoms with van der Waals surface area (Å²) in [6.07, 6.45) is 3.73. The molecule has 0 aliphatic heterocycles. The van der Waals surface area contributed by atoms with Crippen molar-refractivity contribution in [1.29, 1.82) is 0 Å². The maximum atomic E-state index is 5.68. The van der Waals surface area contributed by atoms with E-state index in [1.165, 1.54) is 19.3 Å². The third kappa shape index (κ3) is 5.55. The van der Waals surface area contributed by atoms with Crippen molar-refractivity contribution in [3.8, 4) is 0 Å². The topological polar surface area (TPSA) is 0 Å². The fraction of sp³-hybridized carbons (Fsp3) is 1.00. The maximum absolute atomic E-state index is 5.68. The van der Waals surface area contributed by atoms with Crippen LogP contribution in [0.3, 0.4) is 0 Å². The van der Waals surface area contributed by atoms with Crippen LogP contribution in [0.5, 0.6) is 0 Å². The molecule has 0 spiro atoms. The number of rotatable bonds is 5. The normalized spacial score (nSPS) is 16.8. The van der Waals surface area contributed by atoms with Gasteiger partial charge < -0.3 is 0 Å². The first-order valence-electron chi connectivity index (χ1n) is 3.90. The van der Waals surface area contributed by atoms with Crippen LogP contribution < -0.4 is 0 Å². The summed E-state index contributed by atoms with van der Waals surface area (Å²) in [5.74, 6) is 1.43. The van der Waals surface area contributed by atoms with Crippen molar-refractivity contribution < 1.29 is 0 Å². The SMILES string of the molecule is CCCC(Br)CC(C)CCl. The van der Waals surface area contributed by atoms with E-state index in [0.717, 1.165) is 5.88 Å². The van der Waals surface area contributed by atoms with Gasteiger partial charge in [-0.05, 0) is 18.8 Å². The Hall–Kier alpha value is 0.770. The van der Waals surface area contributed by atoms with Gasteiger partial charge in [-0.25, -0.2) is 0 Å². The molecule has 2 unspecified atom stereocenters. The molecule has 0 aromatic heterocycles. The first-order valence-corrected chi connectivity index (χ1v) is 5.35. The van der Waals surface area contributed by atoms with E-state index in [-0.39, 0.29) is 0 Å². The molecule has 0 aromatic carbocycles. The highest BCUT2D eigenvalue weighted by molar-refractivity contribution is 9.09. The zero-order valence-electron chi connectivity index (χ0n) is 6.74. The summed E-state index contributed by atoms with van der Waals surface area (Å²) < 4.78 is 0. The summed E-state index contributed by atoms with van der Waals surface area (Å²) in [5.41, 5.74) is 0. The molecule has 0 aliphatic carbocycles. The minimum Gasteiger partial charge on any atom is -0.126 e. The molecular weight excluding hydrogens is 211 g/mol. The van der Waals surface area contributed by atoms with Crippen LogP contribution in [-0.2, 0) is 0 Å². The number of alkyl halides is 2. The molecule has 2 atom stereocenters. The quantitative estimate of drug-likeness (QED) is 0.627. The minimum absolute atomic E-state index is 0.651. The van der Waals surface area contributed by atoms with E-state index in [2.05, 4.69) is 29.8 Å². The van der Waals surface area contributed by atoms with Crippen molar-refractivity contribution >= 4 is 27.5 Å². The van der Waals surface area contributed by atoms with E-state index >= 15 is 0 Å². The van der Waals surface area contributed by atoms with E-state index in [4.69, 9.17) is 11.6 Å². The van der Waals surface area contributed by atoms with Crippen LogP contribution >= 0.6 is 27.5 Å². The monoisotopic (exact) mass is 226 g/mol. The molecule has 0 radical (unpaired) electrons. The van der Waals surface area contributed by atoms with Gasteiger partial charge in [0.15, 0.2) is 0 Å². The fourth-order valence-corrected chi connectivity index (χ4v) is 2.15. The second kappa shape index (κ2) is 6.48. The maximum Gasteiger partial charge on any atom is 0.0249 e. The van der Waals surface area contributed by atoms with Gasteiger partial charge in [0.1, 0.15) is 0 Å². The predicted octanol–water partition coefficient (Wildman–Crippen LogP) is 3.82. The molecule has 0 heterocycles. The fourth-order valence-electron chi connectivity index (χ4n) is 0.931. The van der Waals surface area contributed by atoms with Crippen LogP contribution in [0.1, 0.15) is 33.1 Å². The Labute approximate surface area is 77.5 Å². The van der Waals surface area contributed by atoms with Gasteiger partial charge in [0.25, 0.3) is 0 Å². The molecule has 2 heteroatoms. The first-order chi connectivity index (χ1) is 4.70. The molecule has 0 bridgehead atoms. The van der Waals surface area contributed by atoms with Gasteiger partial charge in [-0.1, -0.05) is 36.2 Å². The lowest BCUT2D eigenvalue weighted by atomic mass is 10.1. The Kier molecular flexibility index (Phi) is 6.98. The number of halogens is 2. The lowest BCUT2D eigenvalue weighted by molar-refractivity contribution is 0.556. The summed E-state index contributed by atoms with van der Waals surface area (Å²) in [5, 5.41) is 0. The first kappa shape index (κ1) is 10.8. The molecule has 0 nitrogen and oxygen atoms in total. The summed E-state index contributed by atoms with van der Waals surface area (Å²) in [6.45, 7) is 4.40. The van der Waals surface area contributed by atoms with Crippen molar-refractivity contribution in [3.63, 3.8) is 0 Å². The van der Waals surface area contributed by atoms with Gasteiger partial charge in [0, 0.05) is 10.7 Å². The van der Waals surface area contributed by atoms with Gasteiger partial charge in [-0.3, -0.25) is 0 Å². The Morgan fingerprint density at radius 2 is 2.10 bits per heavy atom. The van der Waals surface area contributed by atoms with Crippen LogP contribution in [0.2, 0.25) is 0 Å². The zero-order chi connectivity index (χ0) is 7.98. The zero-order valence-corrected chi connectivity index (χ0v) is 9.08. The molecule has 0 amide bonds. The van der Waals surface area contributed by atoms with Crippen LogP contribution in [0, 0.1) is 5.92 Å². The highest BCUT2D eigenvalue weighted by Gasteiger charge is 2.07. The van der Waals surface area contributed by atoms with Crippen LogP contribution in [-0.4, -0.2) is 10.7 Å². The Morgan fingerprint density at radius 1 is 1.50 bits per heavy atom. The molecule has 0 saturated carbocycles. The largest absolute Gasteiger partial charge is 0.126 e. The van der Waals surface area contributed by atoms with Crippen LogP contribution in [0.25, 0.3) is 0 Å². The molecule has 0 aromatic rings. The van der Waals surface area contributed by atoms with Crippen molar-refractivity contribution in [2.24, 2.45) is 5.92 Å². The van der Waals surface area contributed by atoms with Crippen LogP contribution in [0.4, 0.5) is 0 Å². The second-order valence-corrected chi connectivity index (χ2v) is 4.48. The van der Waals surface area contributed by atoms with E-state index < -0.39 is 0 Å². The average molecular weight is 228 g/mol. The average Bonchev–Trinajstić information content (AvgIpc) is 1.88. The molecule has 0 fully saturated rings. The minimum atomic E-state index is 0.651. The molecule has 10 heavy (non-hydrogen) atoms. The summed E-state index contributed by atoms with van der Waals surface area (Å²) in [7, 11) is 0. The molecule has 0 saturated heterocycles. The molecule has 0 N–H and O–H groups in total. The van der Waals surface area contributed by atoms with Gasteiger partial charge >= 0.3 is 0 Å². The molecule has 0 aliphatic rings. The Morgan fingerprint density at radius 3 is 2.50 bits per heavy atom. The van der Waals surface area contributed by atoms with Crippen molar-refractivity contribution in [2.45, 2.75) is 37.9 Å². The summed E-state index contributed by atoms with van der Waals surface area (Å²) >= 11 is 9.30. The lowest BCUT2D eigenvalue weighted by Gasteiger charge is -2.11. The van der Waals surface area contributed by atoms with E-state index in [1.54, 1.807) is 0 Å². The highest BCUT2D eigenvalue weighted by Crippen LogP contribution is 2.18. The van der Waals surface area contributed by atoms with Crippen molar-refractivity contribution in [1.82, 2.24) is 0 Å². The van der Waals surface area contributed by atoms with E-state index in [0.29, 0.717) is 10.7 Å². The smallest absolute Gasteiger partial charge is 0.0249 e. The third-order valence-electron chi connectivity index (χ3n) is 1.52. The summed E-state index contributed by atoms with van der Waals surface area (Å²) in [4.78, 5) is 0.672. The Balaban J connectivity index is 3.27. The van der Waals surface area contributed by atoms with Crippen LogP contribution in [0.15, 0.2) is 0 Å². The summed E-state index contributed by atoms with van der Waals surface area (Å²) in [6, 6.07) is 0. The lowest BCUT2D eigenvalue weighted by Crippen LogP contribution is -2.05. The molecular formula is C8H16BrCl. The second-order valence-electron chi connectivity index (χ2n) is 2.88.